The number of hydrogen-bond donors (Lipinski definition) is 0. The molecular formula is C21H17NO3. The highest BCUT2D eigenvalue weighted by Gasteiger charge is 2.59. The Morgan fingerprint density at radius 2 is 1.32 bits per heavy atom. The second-order valence-corrected chi connectivity index (χ2v) is 6.92. The number of carbonyl (C=O) groups excluding carboxylic acids is 2. The van der Waals surface area contributed by atoms with Crippen LogP contribution in [0.5, 0.6) is 11.5 Å². The fourth-order valence-corrected chi connectivity index (χ4v) is 4.44. The van der Waals surface area contributed by atoms with Gasteiger partial charge in [-0.1, -0.05) is 30.4 Å². The lowest BCUT2D eigenvalue weighted by atomic mass is 9.85. The monoisotopic (exact) mass is 331 g/mol. The zero-order chi connectivity index (χ0) is 17.0. The van der Waals surface area contributed by atoms with Crippen LogP contribution in [0.3, 0.4) is 0 Å². The van der Waals surface area contributed by atoms with Crippen LogP contribution in [0.25, 0.3) is 0 Å². The fourth-order valence-electron chi connectivity index (χ4n) is 4.44. The van der Waals surface area contributed by atoms with Gasteiger partial charge in [0.1, 0.15) is 11.5 Å². The third-order valence-corrected chi connectivity index (χ3v) is 5.54. The first-order chi connectivity index (χ1) is 12.2. The van der Waals surface area contributed by atoms with Gasteiger partial charge >= 0.3 is 0 Å². The van der Waals surface area contributed by atoms with E-state index in [9.17, 15) is 9.59 Å². The van der Waals surface area contributed by atoms with Gasteiger partial charge in [-0.15, -0.1) is 0 Å². The molecule has 4 atom stereocenters. The highest BCUT2D eigenvalue weighted by Crippen LogP contribution is 2.53. The van der Waals surface area contributed by atoms with E-state index < -0.39 is 0 Å². The van der Waals surface area contributed by atoms with Crippen molar-refractivity contribution < 1.29 is 14.3 Å². The summed E-state index contributed by atoms with van der Waals surface area (Å²) >= 11 is 0. The van der Waals surface area contributed by atoms with E-state index in [1.807, 2.05) is 30.3 Å². The number of carbonyl (C=O) groups is 2. The van der Waals surface area contributed by atoms with E-state index in [4.69, 9.17) is 4.74 Å². The first-order valence-corrected chi connectivity index (χ1v) is 8.61. The van der Waals surface area contributed by atoms with E-state index >= 15 is 0 Å². The van der Waals surface area contributed by atoms with E-state index in [-0.39, 0.29) is 35.5 Å². The lowest BCUT2D eigenvalue weighted by molar-refractivity contribution is -0.123. The quantitative estimate of drug-likeness (QED) is 0.635. The number of ether oxygens (including phenoxy) is 1. The largest absolute Gasteiger partial charge is 0.457 e. The van der Waals surface area contributed by atoms with Crippen LogP contribution in [0.4, 0.5) is 5.69 Å². The Hall–Kier alpha value is -2.88. The molecule has 1 saturated heterocycles. The molecule has 0 spiro atoms. The molecule has 4 nitrogen and oxygen atoms in total. The van der Waals surface area contributed by atoms with E-state index in [0.717, 1.165) is 12.2 Å². The lowest BCUT2D eigenvalue weighted by Crippen LogP contribution is -2.32. The van der Waals surface area contributed by atoms with Crippen molar-refractivity contribution in [1.82, 2.24) is 0 Å². The third kappa shape index (κ3) is 2.14. The normalized spacial score (nSPS) is 29.4. The number of benzene rings is 2. The molecule has 0 aromatic heterocycles. The summed E-state index contributed by atoms with van der Waals surface area (Å²) in [7, 11) is 0. The molecule has 5 rings (SSSR count). The average Bonchev–Trinajstić information content (AvgIpc) is 3.31. The smallest absolute Gasteiger partial charge is 0.238 e. The van der Waals surface area contributed by atoms with E-state index in [1.165, 1.54) is 4.90 Å². The molecule has 3 aliphatic rings. The molecular weight excluding hydrogens is 314 g/mol. The van der Waals surface area contributed by atoms with Crippen LogP contribution in [0.1, 0.15) is 6.42 Å². The number of hydrogen-bond acceptors (Lipinski definition) is 3. The Kier molecular flexibility index (Phi) is 3.07. The van der Waals surface area contributed by atoms with Crippen molar-refractivity contribution in [2.45, 2.75) is 6.42 Å². The molecule has 0 radical (unpaired) electrons. The van der Waals surface area contributed by atoms with Crippen molar-refractivity contribution in [3.05, 3.63) is 66.7 Å². The molecule has 0 N–H and O–H groups in total. The van der Waals surface area contributed by atoms with Crippen LogP contribution >= 0.6 is 0 Å². The predicted molar refractivity (Wildman–Crippen MR) is 93.2 cm³/mol. The van der Waals surface area contributed by atoms with Crippen molar-refractivity contribution in [2.75, 3.05) is 4.90 Å². The predicted octanol–water partition coefficient (Wildman–Crippen LogP) is 3.79. The van der Waals surface area contributed by atoms with Gasteiger partial charge in [0.2, 0.25) is 11.8 Å². The second kappa shape index (κ2) is 5.31. The Morgan fingerprint density at radius 3 is 1.92 bits per heavy atom. The molecule has 0 unspecified atom stereocenters. The van der Waals surface area contributed by atoms with Gasteiger partial charge in [-0.25, -0.2) is 0 Å². The summed E-state index contributed by atoms with van der Waals surface area (Å²) in [5, 5.41) is 0. The highest BCUT2D eigenvalue weighted by molar-refractivity contribution is 6.22. The molecule has 1 aliphatic heterocycles. The van der Waals surface area contributed by atoms with Crippen LogP contribution < -0.4 is 9.64 Å². The van der Waals surface area contributed by atoms with E-state index in [1.54, 1.807) is 24.3 Å². The van der Waals surface area contributed by atoms with Gasteiger partial charge in [0.05, 0.1) is 17.5 Å². The molecule has 4 heteroatoms. The Labute approximate surface area is 145 Å². The standard InChI is InChI=1S/C21H17NO3/c23-20-18-13-6-7-14(12-13)19(18)21(24)22(20)15-8-10-17(11-9-15)25-16-4-2-1-3-5-16/h1-11,13-14,18-19H,12H2/t13-,14+,18+,19-. The van der Waals surface area contributed by atoms with Crippen molar-refractivity contribution in [1.29, 1.82) is 0 Å². The Morgan fingerprint density at radius 1 is 0.760 bits per heavy atom. The van der Waals surface area contributed by atoms with Gasteiger partial charge in [0.15, 0.2) is 0 Å². The minimum Gasteiger partial charge on any atom is -0.457 e. The van der Waals surface area contributed by atoms with Crippen LogP contribution in [0.15, 0.2) is 66.7 Å². The summed E-state index contributed by atoms with van der Waals surface area (Å²) in [4.78, 5) is 27.0. The number of allylic oxidation sites excluding steroid dienone is 2. The summed E-state index contributed by atoms with van der Waals surface area (Å²) in [6, 6.07) is 16.7. The van der Waals surface area contributed by atoms with Crippen LogP contribution in [-0.4, -0.2) is 11.8 Å². The number of amides is 2. The van der Waals surface area contributed by atoms with Crippen molar-refractivity contribution >= 4 is 17.5 Å². The zero-order valence-electron chi connectivity index (χ0n) is 13.5. The average molecular weight is 331 g/mol. The maximum Gasteiger partial charge on any atom is 0.238 e. The summed E-state index contributed by atoms with van der Waals surface area (Å²) in [5.74, 6) is 1.46. The van der Waals surface area contributed by atoms with Crippen LogP contribution in [0.2, 0.25) is 0 Å². The summed E-state index contributed by atoms with van der Waals surface area (Å²) < 4.78 is 5.77. The molecule has 1 heterocycles. The van der Waals surface area contributed by atoms with Gasteiger partial charge in [-0.3, -0.25) is 14.5 Å². The molecule has 2 aromatic rings. The summed E-state index contributed by atoms with van der Waals surface area (Å²) in [5.41, 5.74) is 0.629. The first-order valence-electron chi connectivity index (χ1n) is 8.61. The highest BCUT2D eigenvalue weighted by atomic mass is 16.5. The fraction of sp³-hybridized carbons (Fsp3) is 0.238. The number of para-hydroxylation sites is 1. The number of rotatable bonds is 3. The lowest BCUT2D eigenvalue weighted by Gasteiger charge is -2.17. The minimum atomic E-state index is -0.164. The Balaban J connectivity index is 1.39. The number of imide groups is 1. The minimum absolute atomic E-state index is 0.0522. The van der Waals surface area contributed by atoms with Crippen molar-refractivity contribution in [3.63, 3.8) is 0 Å². The van der Waals surface area contributed by atoms with E-state index in [0.29, 0.717) is 11.4 Å². The maximum atomic E-state index is 12.8. The second-order valence-electron chi connectivity index (χ2n) is 6.92. The van der Waals surface area contributed by atoms with Crippen LogP contribution in [-0.2, 0) is 9.59 Å². The summed E-state index contributed by atoms with van der Waals surface area (Å²) in [6.45, 7) is 0. The molecule has 124 valence electrons. The Bertz CT molecular complexity index is 842. The molecule has 2 aromatic carbocycles. The van der Waals surface area contributed by atoms with Gasteiger partial charge in [-0.2, -0.15) is 0 Å². The first kappa shape index (κ1) is 14.5. The van der Waals surface area contributed by atoms with Crippen LogP contribution in [0, 0.1) is 23.7 Å². The number of fused-ring (bicyclic) bond motifs is 5. The number of nitrogens with zero attached hydrogens (tertiary/aromatic N) is 1. The molecule has 1 saturated carbocycles. The molecule has 2 fully saturated rings. The maximum absolute atomic E-state index is 12.8. The van der Waals surface area contributed by atoms with Gasteiger partial charge in [0.25, 0.3) is 0 Å². The van der Waals surface area contributed by atoms with Gasteiger partial charge in [-0.05, 0) is 54.7 Å². The SMILES string of the molecule is O=C1[C@@H]2[C@H](C(=O)N1c1ccc(Oc3ccccc3)cc1)[C@H]1C=C[C@@H]2C1. The van der Waals surface area contributed by atoms with Gasteiger partial charge < -0.3 is 4.74 Å². The molecule has 2 bridgehead atoms. The topological polar surface area (TPSA) is 46.6 Å². The van der Waals surface area contributed by atoms with Gasteiger partial charge in [0, 0.05) is 0 Å². The zero-order valence-corrected chi connectivity index (χ0v) is 13.5. The van der Waals surface area contributed by atoms with Crippen molar-refractivity contribution in [2.24, 2.45) is 23.7 Å². The third-order valence-electron chi connectivity index (χ3n) is 5.54. The molecule has 25 heavy (non-hydrogen) atoms. The molecule has 2 amide bonds. The van der Waals surface area contributed by atoms with Crippen molar-refractivity contribution in [3.8, 4) is 11.5 Å². The summed E-state index contributed by atoms with van der Waals surface area (Å²) in [6.07, 6.45) is 5.17. The van der Waals surface area contributed by atoms with E-state index in [2.05, 4.69) is 12.2 Å². The number of anilines is 1. The molecule has 2 aliphatic carbocycles.